The van der Waals surface area contributed by atoms with Crippen LogP contribution in [-0.2, 0) is 23.0 Å². The predicted octanol–water partition coefficient (Wildman–Crippen LogP) is 1.88. The molecule has 1 aromatic rings. The Bertz CT molecular complexity index is 552. The number of nitrogens with two attached hydrogens (primary N) is 1. The Hall–Kier alpha value is -0.560. The molecule has 1 aliphatic heterocycles. The average Bonchev–Trinajstić information content (AvgIpc) is 2.47. The van der Waals surface area contributed by atoms with E-state index in [1.54, 1.807) is 23.9 Å². The van der Waals surface area contributed by atoms with Crippen LogP contribution in [-0.4, -0.2) is 26.0 Å². The first-order valence-corrected chi connectivity index (χ1v) is 9.62. The summed E-state index contributed by atoms with van der Waals surface area (Å²) in [7, 11) is -3.44. The summed E-state index contributed by atoms with van der Waals surface area (Å²) in [6.45, 7) is 2.41. The van der Waals surface area contributed by atoms with Crippen molar-refractivity contribution in [2.24, 2.45) is 5.73 Å². The summed E-state index contributed by atoms with van der Waals surface area (Å²) < 4.78 is 27.6. The molecule has 1 unspecified atom stereocenters. The molecule has 1 heterocycles. The van der Waals surface area contributed by atoms with Gasteiger partial charge in [0.2, 0.25) is 10.0 Å². The van der Waals surface area contributed by atoms with E-state index in [2.05, 4.69) is 4.72 Å². The van der Waals surface area contributed by atoms with E-state index in [9.17, 15) is 8.42 Å². The fourth-order valence-corrected chi connectivity index (χ4v) is 4.92. The SMILES string of the molecule is CCc1ccc(S(=O)(=O)NC2CCCSC2)cc1CN. The number of hydrogen-bond donors (Lipinski definition) is 2. The summed E-state index contributed by atoms with van der Waals surface area (Å²) in [4.78, 5) is 0.325. The molecule has 0 aromatic heterocycles. The molecular formula is C14H22N2O2S2. The summed E-state index contributed by atoms with van der Waals surface area (Å²) in [5.74, 6) is 1.98. The van der Waals surface area contributed by atoms with Crippen molar-refractivity contribution in [1.29, 1.82) is 0 Å². The zero-order valence-electron chi connectivity index (χ0n) is 11.8. The molecule has 0 bridgehead atoms. The smallest absolute Gasteiger partial charge is 0.240 e. The Kier molecular flexibility index (Phi) is 5.49. The van der Waals surface area contributed by atoms with E-state index in [4.69, 9.17) is 5.73 Å². The molecule has 0 spiro atoms. The van der Waals surface area contributed by atoms with Gasteiger partial charge in [-0.1, -0.05) is 13.0 Å². The van der Waals surface area contributed by atoms with E-state index < -0.39 is 10.0 Å². The van der Waals surface area contributed by atoms with Gasteiger partial charge in [-0.2, -0.15) is 11.8 Å². The second-order valence-electron chi connectivity index (χ2n) is 5.02. The van der Waals surface area contributed by atoms with Gasteiger partial charge in [0.25, 0.3) is 0 Å². The number of rotatable bonds is 5. The van der Waals surface area contributed by atoms with E-state index >= 15 is 0 Å². The maximum Gasteiger partial charge on any atom is 0.240 e. The molecule has 1 saturated heterocycles. The first-order chi connectivity index (χ1) is 9.56. The number of thioether (sulfide) groups is 1. The minimum absolute atomic E-state index is 0.0472. The topological polar surface area (TPSA) is 72.2 Å². The van der Waals surface area contributed by atoms with E-state index in [0.717, 1.165) is 41.9 Å². The third-order valence-corrected chi connectivity index (χ3v) is 6.30. The lowest BCUT2D eigenvalue weighted by atomic mass is 10.1. The summed E-state index contributed by atoms with van der Waals surface area (Å²) in [6.07, 6.45) is 2.85. The van der Waals surface area contributed by atoms with E-state index in [0.29, 0.717) is 11.4 Å². The lowest BCUT2D eigenvalue weighted by Gasteiger charge is -2.22. The Balaban J connectivity index is 2.20. The van der Waals surface area contributed by atoms with Crippen molar-refractivity contribution in [3.63, 3.8) is 0 Å². The lowest BCUT2D eigenvalue weighted by Crippen LogP contribution is -2.38. The van der Waals surface area contributed by atoms with Gasteiger partial charge in [-0.05, 0) is 48.3 Å². The van der Waals surface area contributed by atoms with Gasteiger partial charge in [0.15, 0.2) is 0 Å². The Morgan fingerprint density at radius 3 is 2.80 bits per heavy atom. The molecule has 0 radical (unpaired) electrons. The molecule has 1 fully saturated rings. The lowest BCUT2D eigenvalue weighted by molar-refractivity contribution is 0.543. The molecule has 1 aromatic carbocycles. The molecule has 0 saturated carbocycles. The van der Waals surface area contributed by atoms with Gasteiger partial charge in [0, 0.05) is 18.3 Å². The highest BCUT2D eigenvalue weighted by molar-refractivity contribution is 7.99. The molecule has 0 aliphatic carbocycles. The molecule has 1 atom stereocenters. The van der Waals surface area contributed by atoms with Crippen LogP contribution in [0.4, 0.5) is 0 Å². The Labute approximate surface area is 125 Å². The van der Waals surface area contributed by atoms with Crippen LogP contribution in [0.1, 0.15) is 30.9 Å². The number of sulfonamides is 1. The van der Waals surface area contributed by atoms with E-state index in [-0.39, 0.29) is 6.04 Å². The van der Waals surface area contributed by atoms with E-state index in [1.807, 2.05) is 13.0 Å². The van der Waals surface area contributed by atoms with Gasteiger partial charge in [0.05, 0.1) is 4.90 Å². The fraction of sp³-hybridized carbons (Fsp3) is 0.571. The summed E-state index contributed by atoms with van der Waals surface area (Å²) in [5.41, 5.74) is 7.73. The minimum atomic E-state index is -3.44. The van der Waals surface area contributed by atoms with Crippen LogP contribution in [0.25, 0.3) is 0 Å². The Morgan fingerprint density at radius 1 is 1.40 bits per heavy atom. The first-order valence-electron chi connectivity index (χ1n) is 6.98. The van der Waals surface area contributed by atoms with Crippen LogP contribution in [0.2, 0.25) is 0 Å². The summed E-state index contributed by atoms with van der Waals surface area (Å²) in [6, 6.07) is 5.30. The van der Waals surface area contributed by atoms with Gasteiger partial charge in [0.1, 0.15) is 0 Å². The number of nitrogens with one attached hydrogen (secondary N) is 1. The van der Waals surface area contributed by atoms with Crippen molar-refractivity contribution in [2.45, 2.75) is 43.7 Å². The maximum absolute atomic E-state index is 12.4. The monoisotopic (exact) mass is 314 g/mol. The molecule has 2 rings (SSSR count). The zero-order chi connectivity index (χ0) is 14.6. The molecule has 6 heteroatoms. The van der Waals surface area contributed by atoms with Crippen molar-refractivity contribution in [1.82, 2.24) is 4.72 Å². The van der Waals surface area contributed by atoms with Gasteiger partial charge >= 0.3 is 0 Å². The largest absolute Gasteiger partial charge is 0.326 e. The van der Waals surface area contributed by atoms with Gasteiger partial charge in [-0.15, -0.1) is 0 Å². The van der Waals surface area contributed by atoms with Crippen LogP contribution >= 0.6 is 11.8 Å². The Morgan fingerprint density at radius 2 is 2.20 bits per heavy atom. The first kappa shape index (κ1) is 15.8. The standard InChI is InChI=1S/C14H22N2O2S2/c1-2-11-5-6-14(8-12(11)9-15)20(17,18)16-13-4-3-7-19-10-13/h5-6,8,13,16H,2-4,7,9-10,15H2,1H3. The van der Waals surface area contributed by atoms with Crippen LogP contribution in [0.15, 0.2) is 23.1 Å². The molecule has 4 nitrogen and oxygen atoms in total. The van der Waals surface area contributed by atoms with Crippen LogP contribution in [0, 0.1) is 0 Å². The van der Waals surface area contributed by atoms with Crippen molar-refractivity contribution in [2.75, 3.05) is 11.5 Å². The number of benzene rings is 1. The highest BCUT2D eigenvalue weighted by Gasteiger charge is 2.22. The fourth-order valence-electron chi connectivity index (χ4n) is 2.43. The molecule has 112 valence electrons. The van der Waals surface area contributed by atoms with Crippen molar-refractivity contribution >= 4 is 21.8 Å². The quantitative estimate of drug-likeness (QED) is 0.870. The van der Waals surface area contributed by atoms with Crippen LogP contribution in [0.3, 0.4) is 0 Å². The van der Waals surface area contributed by atoms with Crippen LogP contribution in [0.5, 0.6) is 0 Å². The molecule has 1 aliphatic rings. The maximum atomic E-state index is 12.4. The van der Waals surface area contributed by atoms with Crippen molar-refractivity contribution < 1.29 is 8.42 Å². The van der Waals surface area contributed by atoms with E-state index in [1.165, 1.54) is 0 Å². The van der Waals surface area contributed by atoms with Gasteiger partial charge in [-0.25, -0.2) is 13.1 Å². The summed E-state index contributed by atoms with van der Waals surface area (Å²) >= 11 is 1.81. The number of hydrogen-bond acceptors (Lipinski definition) is 4. The summed E-state index contributed by atoms with van der Waals surface area (Å²) in [5, 5.41) is 0. The highest BCUT2D eigenvalue weighted by atomic mass is 32.2. The third-order valence-electron chi connectivity index (χ3n) is 3.57. The highest BCUT2D eigenvalue weighted by Crippen LogP contribution is 2.21. The van der Waals surface area contributed by atoms with Crippen molar-refractivity contribution in [3.8, 4) is 0 Å². The molecular weight excluding hydrogens is 292 g/mol. The minimum Gasteiger partial charge on any atom is -0.326 e. The second kappa shape index (κ2) is 6.93. The second-order valence-corrected chi connectivity index (χ2v) is 7.89. The zero-order valence-corrected chi connectivity index (χ0v) is 13.4. The third kappa shape index (κ3) is 3.75. The molecule has 3 N–H and O–H groups in total. The predicted molar refractivity (Wildman–Crippen MR) is 84.4 cm³/mol. The molecule has 20 heavy (non-hydrogen) atoms. The average molecular weight is 314 g/mol. The van der Waals surface area contributed by atoms with Gasteiger partial charge < -0.3 is 5.73 Å². The van der Waals surface area contributed by atoms with Gasteiger partial charge in [-0.3, -0.25) is 0 Å². The van der Waals surface area contributed by atoms with Crippen molar-refractivity contribution in [3.05, 3.63) is 29.3 Å². The molecule has 0 amide bonds. The van der Waals surface area contributed by atoms with Crippen LogP contribution < -0.4 is 10.5 Å². The number of aryl methyl sites for hydroxylation is 1. The normalized spacial score (nSPS) is 20.0.